The Hall–Kier alpha value is -2.29. The van der Waals surface area contributed by atoms with E-state index in [1.165, 1.54) is 0 Å². The van der Waals surface area contributed by atoms with E-state index >= 15 is 0 Å². The average molecular weight is 268 g/mol. The smallest absolute Gasteiger partial charge is 0.229 e. The van der Waals surface area contributed by atoms with Crippen molar-refractivity contribution in [2.24, 2.45) is 0 Å². The number of likely N-dealkylation sites (N-methyl/N-ethyl adjacent to an activating group) is 1. The summed E-state index contributed by atoms with van der Waals surface area (Å²) in [4.78, 5) is 14.1. The quantitative estimate of drug-likeness (QED) is 0.867. The number of nitrogens with two attached hydrogens (primary N) is 1. The lowest BCUT2D eigenvalue weighted by molar-refractivity contribution is -0.130. The summed E-state index contributed by atoms with van der Waals surface area (Å²) in [6.07, 6.45) is 0.659. The highest BCUT2D eigenvalue weighted by Gasteiger charge is 2.22. The Kier molecular flexibility index (Phi) is 4.41. The number of anilines is 1. The van der Waals surface area contributed by atoms with Crippen molar-refractivity contribution in [3.05, 3.63) is 65.7 Å². The number of amides is 1. The molecule has 0 aliphatic rings. The summed E-state index contributed by atoms with van der Waals surface area (Å²) in [6.45, 7) is 0. The number of benzene rings is 2. The van der Waals surface area contributed by atoms with Crippen molar-refractivity contribution in [3.63, 3.8) is 0 Å². The first-order chi connectivity index (χ1) is 9.58. The zero-order valence-corrected chi connectivity index (χ0v) is 11.9. The van der Waals surface area contributed by atoms with Crippen molar-refractivity contribution in [1.82, 2.24) is 4.90 Å². The van der Waals surface area contributed by atoms with E-state index < -0.39 is 0 Å². The van der Waals surface area contributed by atoms with E-state index in [2.05, 4.69) is 0 Å². The number of nitrogens with zero attached hydrogens (tertiary/aromatic N) is 1. The third kappa shape index (κ3) is 3.38. The van der Waals surface area contributed by atoms with E-state index in [0.717, 1.165) is 16.8 Å². The van der Waals surface area contributed by atoms with Gasteiger partial charge in [-0.25, -0.2) is 0 Å². The molecule has 2 N–H and O–H groups in total. The number of hydrogen-bond acceptors (Lipinski definition) is 2. The van der Waals surface area contributed by atoms with Gasteiger partial charge in [0.15, 0.2) is 0 Å². The molecule has 0 saturated carbocycles. The maximum absolute atomic E-state index is 12.4. The van der Waals surface area contributed by atoms with Gasteiger partial charge in [0.1, 0.15) is 0 Å². The van der Waals surface area contributed by atoms with Crippen molar-refractivity contribution in [2.45, 2.75) is 12.3 Å². The summed E-state index contributed by atoms with van der Waals surface area (Å²) in [7, 11) is 3.58. The minimum atomic E-state index is -0.173. The molecule has 0 saturated heterocycles. The van der Waals surface area contributed by atoms with Crippen LogP contribution in [0.5, 0.6) is 0 Å². The highest BCUT2D eigenvalue weighted by atomic mass is 16.2. The minimum Gasteiger partial charge on any atom is -0.399 e. The molecule has 1 unspecified atom stereocenters. The molecule has 0 aromatic heterocycles. The maximum atomic E-state index is 12.4. The van der Waals surface area contributed by atoms with Crippen LogP contribution in [0.25, 0.3) is 0 Å². The fraction of sp³-hybridized carbons (Fsp3) is 0.235. The van der Waals surface area contributed by atoms with Gasteiger partial charge in [-0.2, -0.15) is 0 Å². The molecule has 2 rings (SSSR count). The van der Waals surface area contributed by atoms with E-state index in [4.69, 9.17) is 5.73 Å². The van der Waals surface area contributed by atoms with Crippen LogP contribution in [0.3, 0.4) is 0 Å². The normalized spacial score (nSPS) is 11.9. The Balaban J connectivity index is 2.30. The Labute approximate surface area is 120 Å². The number of carbonyl (C=O) groups excluding carboxylic acids is 1. The monoisotopic (exact) mass is 268 g/mol. The van der Waals surface area contributed by atoms with Gasteiger partial charge in [0, 0.05) is 19.8 Å². The molecular formula is C17H20N2O. The van der Waals surface area contributed by atoms with E-state index in [0.29, 0.717) is 6.42 Å². The number of hydrogen-bond donors (Lipinski definition) is 1. The first-order valence-corrected chi connectivity index (χ1v) is 6.68. The van der Waals surface area contributed by atoms with Crippen molar-refractivity contribution >= 4 is 11.6 Å². The highest BCUT2D eigenvalue weighted by Crippen LogP contribution is 2.23. The standard InChI is InChI=1S/C17H20N2O/c1-19(2)17(20)16(14-8-4-3-5-9-14)12-13-7-6-10-15(18)11-13/h3-11,16H,12,18H2,1-2H3. The van der Waals surface area contributed by atoms with Gasteiger partial charge < -0.3 is 10.6 Å². The van der Waals surface area contributed by atoms with Crippen LogP contribution >= 0.6 is 0 Å². The molecule has 1 amide bonds. The fourth-order valence-electron chi connectivity index (χ4n) is 2.30. The summed E-state index contributed by atoms with van der Waals surface area (Å²) in [6, 6.07) is 17.6. The van der Waals surface area contributed by atoms with Crippen molar-refractivity contribution < 1.29 is 4.79 Å². The summed E-state index contributed by atoms with van der Waals surface area (Å²) in [5.41, 5.74) is 8.66. The van der Waals surface area contributed by atoms with Crippen LogP contribution in [-0.2, 0) is 11.2 Å². The van der Waals surface area contributed by atoms with Crippen molar-refractivity contribution in [3.8, 4) is 0 Å². The summed E-state index contributed by atoms with van der Waals surface area (Å²) in [5, 5.41) is 0. The summed E-state index contributed by atoms with van der Waals surface area (Å²) in [5.74, 6) is -0.0633. The summed E-state index contributed by atoms with van der Waals surface area (Å²) < 4.78 is 0. The van der Waals surface area contributed by atoms with E-state index in [9.17, 15) is 4.79 Å². The van der Waals surface area contributed by atoms with Crippen molar-refractivity contribution in [2.75, 3.05) is 19.8 Å². The Morgan fingerprint density at radius 3 is 2.40 bits per heavy atom. The Morgan fingerprint density at radius 2 is 1.80 bits per heavy atom. The Morgan fingerprint density at radius 1 is 1.10 bits per heavy atom. The van der Waals surface area contributed by atoms with Gasteiger partial charge in [0.05, 0.1) is 5.92 Å². The van der Waals surface area contributed by atoms with Crippen LogP contribution in [0.2, 0.25) is 0 Å². The first kappa shape index (κ1) is 14.1. The van der Waals surface area contributed by atoms with Crippen LogP contribution in [0.15, 0.2) is 54.6 Å². The van der Waals surface area contributed by atoms with Crippen LogP contribution in [0.1, 0.15) is 17.0 Å². The topological polar surface area (TPSA) is 46.3 Å². The summed E-state index contributed by atoms with van der Waals surface area (Å²) >= 11 is 0. The maximum Gasteiger partial charge on any atom is 0.229 e. The molecule has 20 heavy (non-hydrogen) atoms. The largest absolute Gasteiger partial charge is 0.399 e. The van der Waals surface area contributed by atoms with Crippen LogP contribution in [-0.4, -0.2) is 24.9 Å². The lowest BCUT2D eigenvalue weighted by Gasteiger charge is -2.21. The van der Waals surface area contributed by atoms with Gasteiger partial charge in [-0.1, -0.05) is 42.5 Å². The minimum absolute atomic E-state index is 0.110. The molecule has 0 heterocycles. The van der Waals surface area contributed by atoms with Gasteiger partial charge in [-0.15, -0.1) is 0 Å². The van der Waals surface area contributed by atoms with E-state index in [1.807, 2.05) is 54.6 Å². The van der Waals surface area contributed by atoms with E-state index in [-0.39, 0.29) is 11.8 Å². The van der Waals surface area contributed by atoms with Gasteiger partial charge in [0.25, 0.3) is 0 Å². The van der Waals surface area contributed by atoms with E-state index in [1.54, 1.807) is 19.0 Å². The molecule has 0 aliphatic carbocycles. The molecule has 2 aromatic rings. The molecule has 1 atom stereocenters. The molecule has 3 heteroatoms. The van der Waals surface area contributed by atoms with Crippen LogP contribution in [0.4, 0.5) is 5.69 Å². The molecule has 0 aliphatic heterocycles. The molecule has 0 fully saturated rings. The molecule has 2 aromatic carbocycles. The molecule has 0 bridgehead atoms. The average Bonchev–Trinajstić information content (AvgIpc) is 2.45. The number of rotatable bonds is 4. The second-order valence-corrected chi connectivity index (χ2v) is 5.15. The fourth-order valence-corrected chi connectivity index (χ4v) is 2.30. The first-order valence-electron chi connectivity index (χ1n) is 6.68. The molecular weight excluding hydrogens is 248 g/mol. The van der Waals surface area contributed by atoms with Gasteiger partial charge in [-0.05, 0) is 29.7 Å². The molecule has 104 valence electrons. The third-order valence-corrected chi connectivity index (χ3v) is 3.33. The number of nitrogen functional groups attached to an aromatic ring is 1. The highest BCUT2D eigenvalue weighted by molar-refractivity contribution is 5.83. The Bertz CT molecular complexity index is 579. The zero-order valence-electron chi connectivity index (χ0n) is 11.9. The van der Waals surface area contributed by atoms with Crippen molar-refractivity contribution in [1.29, 1.82) is 0 Å². The molecule has 3 nitrogen and oxygen atoms in total. The predicted molar refractivity (Wildman–Crippen MR) is 82.4 cm³/mol. The second-order valence-electron chi connectivity index (χ2n) is 5.15. The zero-order chi connectivity index (χ0) is 14.5. The lowest BCUT2D eigenvalue weighted by atomic mass is 9.90. The van der Waals surface area contributed by atoms with Crippen LogP contribution in [0, 0.1) is 0 Å². The molecule has 0 radical (unpaired) electrons. The predicted octanol–water partition coefficient (Wildman–Crippen LogP) is 2.68. The van der Waals surface area contributed by atoms with Gasteiger partial charge in [0.2, 0.25) is 5.91 Å². The van der Waals surface area contributed by atoms with Gasteiger partial charge in [-0.3, -0.25) is 4.79 Å². The van der Waals surface area contributed by atoms with Crippen LogP contribution < -0.4 is 5.73 Å². The molecule has 0 spiro atoms. The lowest BCUT2D eigenvalue weighted by Crippen LogP contribution is -2.29. The van der Waals surface area contributed by atoms with Gasteiger partial charge >= 0.3 is 0 Å². The SMILES string of the molecule is CN(C)C(=O)C(Cc1cccc(N)c1)c1ccccc1. The third-order valence-electron chi connectivity index (χ3n) is 3.33. The second kappa shape index (κ2) is 6.24. The number of carbonyl (C=O) groups is 1.